The van der Waals surface area contributed by atoms with Crippen molar-refractivity contribution < 1.29 is 13.5 Å². The maximum Gasteiger partial charge on any atom is 0.240 e. The lowest BCUT2D eigenvalue weighted by atomic mass is 10.0. The zero-order valence-corrected chi connectivity index (χ0v) is 11.8. The van der Waals surface area contributed by atoms with Gasteiger partial charge in [0.15, 0.2) is 0 Å². The van der Waals surface area contributed by atoms with Gasteiger partial charge in [0.05, 0.1) is 5.69 Å². The van der Waals surface area contributed by atoms with Gasteiger partial charge in [-0.25, -0.2) is 13.6 Å². The smallest absolute Gasteiger partial charge is 0.240 e. The van der Waals surface area contributed by atoms with Crippen LogP contribution in [-0.4, -0.2) is 26.7 Å². The van der Waals surface area contributed by atoms with Gasteiger partial charge in [0.25, 0.3) is 0 Å². The summed E-state index contributed by atoms with van der Waals surface area (Å²) in [6, 6.07) is 4.56. The summed E-state index contributed by atoms with van der Waals surface area (Å²) in [5, 5.41) is 17.1. The molecule has 0 bridgehead atoms. The molecule has 1 aromatic carbocycles. The number of nitrogens with one attached hydrogen (secondary N) is 1. The molecule has 6 nitrogen and oxygen atoms in total. The molecule has 0 heterocycles. The molecular weight excluding hydrogens is 266 g/mol. The Hall–Kier alpha value is -1.31. The van der Waals surface area contributed by atoms with Crippen molar-refractivity contribution in [2.24, 2.45) is 11.1 Å². The molecule has 7 heteroatoms. The average molecular weight is 287 g/mol. The number of nitrogens with two attached hydrogens (primary N) is 2. The summed E-state index contributed by atoms with van der Waals surface area (Å²) in [6.45, 7) is 2.92. The van der Waals surface area contributed by atoms with Crippen LogP contribution in [0.2, 0.25) is 0 Å². The summed E-state index contributed by atoms with van der Waals surface area (Å²) >= 11 is 0. The summed E-state index contributed by atoms with van der Waals surface area (Å²) < 4.78 is 22.4. The third-order valence-corrected chi connectivity index (χ3v) is 4.01. The van der Waals surface area contributed by atoms with Crippen LogP contribution < -0.4 is 16.2 Å². The first-order chi connectivity index (χ1) is 8.88. The first kappa shape index (κ1) is 15.7. The number of rotatable bonds is 7. The van der Waals surface area contributed by atoms with E-state index in [4.69, 9.17) is 16.0 Å². The molecular formula is C12H21N3O3S. The summed E-state index contributed by atoms with van der Waals surface area (Å²) in [4.78, 5) is -0.0690. The van der Waals surface area contributed by atoms with Gasteiger partial charge in [0.1, 0.15) is 4.90 Å². The second kappa shape index (κ2) is 6.74. The van der Waals surface area contributed by atoms with E-state index in [1.807, 2.05) is 0 Å². The number of hydrogen-bond donors (Lipinski definition) is 4. The molecule has 1 aromatic rings. The topological polar surface area (TPSA) is 118 Å². The van der Waals surface area contributed by atoms with Crippen molar-refractivity contribution in [2.75, 3.05) is 24.2 Å². The maximum absolute atomic E-state index is 11.2. The molecule has 6 N–H and O–H groups in total. The highest BCUT2D eigenvalue weighted by atomic mass is 32.2. The molecule has 0 aliphatic carbocycles. The van der Waals surface area contributed by atoms with Gasteiger partial charge in [-0.15, -0.1) is 0 Å². The van der Waals surface area contributed by atoms with Gasteiger partial charge in [-0.2, -0.15) is 0 Å². The Kier molecular flexibility index (Phi) is 5.59. The zero-order valence-electron chi connectivity index (χ0n) is 11.0. The number of anilines is 2. The second-order valence-corrected chi connectivity index (χ2v) is 5.99. The Morgan fingerprint density at radius 1 is 1.42 bits per heavy atom. The van der Waals surface area contributed by atoms with E-state index in [-0.39, 0.29) is 17.2 Å². The molecule has 0 saturated carbocycles. The fraction of sp³-hybridized carbons (Fsp3) is 0.500. The Morgan fingerprint density at radius 2 is 2.11 bits per heavy atom. The van der Waals surface area contributed by atoms with Crippen molar-refractivity contribution in [1.29, 1.82) is 0 Å². The summed E-state index contributed by atoms with van der Waals surface area (Å²) in [5.41, 5.74) is 6.53. The molecule has 1 unspecified atom stereocenters. The SMILES string of the molecule is CCC(CCO)CNc1ccc(S(N)(=O)=O)c(N)c1. The van der Waals surface area contributed by atoms with E-state index in [2.05, 4.69) is 12.2 Å². The van der Waals surface area contributed by atoms with E-state index in [1.54, 1.807) is 12.1 Å². The zero-order chi connectivity index (χ0) is 14.5. The van der Waals surface area contributed by atoms with Crippen molar-refractivity contribution in [2.45, 2.75) is 24.7 Å². The predicted molar refractivity (Wildman–Crippen MR) is 76.2 cm³/mol. The second-order valence-electron chi connectivity index (χ2n) is 4.47. The molecule has 108 valence electrons. The number of primary sulfonamides is 1. The van der Waals surface area contributed by atoms with Crippen LogP contribution in [0.15, 0.2) is 23.1 Å². The molecule has 19 heavy (non-hydrogen) atoms. The van der Waals surface area contributed by atoms with Crippen LogP contribution in [0.4, 0.5) is 11.4 Å². The highest BCUT2D eigenvalue weighted by molar-refractivity contribution is 7.89. The lowest BCUT2D eigenvalue weighted by molar-refractivity contribution is 0.258. The molecule has 0 radical (unpaired) electrons. The van der Waals surface area contributed by atoms with Crippen LogP contribution in [0.1, 0.15) is 19.8 Å². The third kappa shape index (κ3) is 4.70. The van der Waals surface area contributed by atoms with Gasteiger partial charge in [-0.1, -0.05) is 13.3 Å². The molecule has 0 saturated heterocycles. The number of sulfonamides is 1. The highest BCUT2D eigenvalue weighted by Crippen LogP contribution is 2.22. The minimum absolute atomic E-state index is 0.0690. The molecule has 0 amide bonds. The van der Waals surface area contributed by atoms with Crippen molar-refractivity contribution in [3.8, 4) is 0 Å². The van der Waals surface area contributed by atoms with Crippen molar-refractivity contribution in [3.63, 3.8) is 0 Å². The standard InChI is InChI=1S/C12H21N3O3S/c1-2-9(5-6-16)8-15-10-3-4-12(11(13)7-10)19(14,17)18/h3-4,7,9,15-16H,2,5-6,8,13H2,1H3,(H2,14,17,18). The minimum Gasteiger partial charge on any atom is -0.398 e. The lowest BCUT2D eigenvalue weighted by Crippen LogP contribution is -2.16. The molecule has 1 atom stereocenters. The highest BCUT2D eigenvalue weighted by Gasteiger charge is 2.12. The van der Waals surface area contributed by atoms with Crippen LogP contribution >= 0.6 is 0 Å². The Labute approximate surface area is 113 Å². The fourth-order valence-electron chi connectivity index (χ4n) is 1.81. The summed E-state index contributed by atoms with van der Waals surface area (Å²) in [7, 11) is -3.78. The normalized spacial score (nSPS) is 13.2. The van der Waals surface area contributed by atoms with E-state index < -0.39 is 10.0 Å². The van der Waals surface area contributed by atoms with Gasteiger partial charge in [-0.05, 0) is 30.5 Å². The Bertz CT molecular complexity index is 517. The van der Waals surface area contributed by atoms with E-state index in [0.717, 1.165) is 18.5 Å². The van der Waals surface area contributed by atoms with Crippen LogP contribution in [0.3, 0.4) is 0 Å². The van der Waals surface area contributed by atoms with Crippen LogP contribution in [0, 0.1) is 5.92 Å². The lowest BCUT2D eigenvalue weighted by Gasteiger charge is -2.16. The minimum atomic E-state index is -3.78. The van der Waals surface area contributed by atoms with Gasteiger partial charge < -0.3 is 16.2 Å². The van der Waals surface area contributed by atoms with Gasteiger partial charge in [-0.3, -0.25) is 0 Å². The van der Waals surface area contributed by atoms with Gasteiger partial charge in [0.2, 0.25) is 10.0 Å². The van der Waals surface area contributed by atoms with Crippen molar-refractivity contribution in [3.05, 3.63) is 18.2 Å². The van der Waals surface area contributed by atoms with Gasteiger partial charge in [0, 0.05) is 18.8 Å². The van der Waals surface area contributed by atoms with E-state index in [9.17, 15) is 8.42 Å². The summed E-state index contributed by atoms with van der Waals surface area (Å²) in [5.74, 6) is 0.365. The number of nitrogen functional groups attached to an aromatic ring is 1. The summed E-state index contributed by atoms with van der Waals surface area (Å²) in [6.07, 6.45) is 1.69. The van der Waals surface area contributed by atoms with Crippen LogP contribution in [0.25, 0.3) is 0 Å². The maximum atomic E-state index is 11.2. The van der Waals surface area contributed by atoms with Gasteiger partial charge >= 0.3 is 0 Å². The molecule has 0 aromatic heterocycles. The number of aliphatic hydroxyl groups is 1. The average Bonchev–Trinajstić information content (AvgIpc) is 2.33. The van der Waals surface area contributed by atoms with E-state index >= 15 is 0 Å². The molecule has 0 spiro atoms. The fourth-order valence-corrected chi connectivity index (χ4v) is 2.46. The molecule has 0 aliphatic heterocycles. The monoisotopic (exact) mass is 287 g/mol. The molecule has 0 aliphatic rings. The van der Waals surface area contributed by atoms with Crippen molar-refractivity contribution in [1.82, 2.24) is 0 Å². The van der Waals surface area contributed by atoms with Crippen LogP contribution in [0.5, 0.6) is 0 Å². The number of hydrogen-bond acceptors (Lipinski definition) is 5. The van der Waals surface area contributed by atoms with Crippen molar-refractivity contribution >= 4 is 21.4 Å². The Balaban J connectivity index is 2.74. The quantitative estimate of drug-likeness (QED) is 0.551. The molecule has 0 fully saturated rings. The molecule has 1 rings (SSSR count). The Morgan fingerprint density at radius 3 is 2.58 bits per heavy atom. The number of benzene rings is 1. The predicted octanol–water partition coefficient (Wildman–Crippen LogP) is 0.737. The van der Waals surface area contributed by atoms with E-state index in [1.165, 1.54) is 6.07 Å². The first-order valence-electron chi connectivity index (χ1n) is 6.15. The van der Waals surface area contributed by atoms with E-state index in [0.29, 0.717) is 12.5 Å². The number of aliphatic hydroxyl groups excluding tert-OH is 1. The first-order valence-corrected chi connectivity index (χ1v) is 7.70. The van der Waals surface area contributed by atoms with Crippen LogP contribution in [-0.2, 0) is 10.0 Å². The largest absolute Gasteiger partial charge is 0.398 e. The third-order valence-electron chi connectivity index (χ3n) is 3.03.